The summed E-state index contributed by atoms with van der Waals surface area (Å²) in [6.07, 6.45) is 1.63. The summed E-state index contributed by atoms with van der Waals surface area (Å²) in [6.45, 7) is 5.07. The molecule has 88 valence electrons. The van der Waals surface area contributed by atoms with E-state index in [9.17, 15) is 4.39 Å². The van der Waals surface area contributed by atoms with E-state index in [0.717, 1.165) is 32.7 Å². The van der Waals surface area contributed by atoms with Gasteiger partial charge in [-0.15, -0.1) is 0 Å². The first-order valence-corrected chi connectivity index (χ1v) is 5.59. The molecule has 0 unspecified atom stereocenters. The zero-order valence-electron chi connectivity index (χ0n) is 9.27. The molecule has 2 N–H and O–H groups in total. The van der Waals surface area contributed by atoms with Crippen molar-refractivity contribution in [1.29, 1.82) is 0 Å². The Morgan fingerprint density at radius 3 is 2.69 bits per heavy atom. The lowest BCUT2D eigenvalue weighted by Crippen LogP contribution is -2.48. The highest BCUT2D eigenvalue weighted by atomic mass is 19.1. The number of hydrogen-bond donors (Lipinski definition) is 1. The second-order valence-corrected chi connectivity index (χ2v) is 3.93. The molecule has 1 aromatic rings. The molecule has 2 rings (SSSR count). The van der Waals surface area contributed by atoms with Crippen LogP contribution in [-0.4, -0.2) is 49.2 Å². The smallest absolute Gasteiger partial charge is 0.165 e. The van der Waals surface area contributed by atoms with Gasteiger partial charge in [0, 0.05) is 45.5 Å². The third-order valence-electron chi connectivity index (χ3n) is 2.86. The maximum Gasteiger partial charge on any atom is 0.165 e. The molecule has 5 heteroatoms. The number of halogens is 1. The van der Waals surface area contributed by atoms with E-state index >= 15 is 0 Å². The fourth-order valence-electron chi connectivity index (χ4n) is 1.98. The van der Waals surface area contributed by atoms with Crippen LogP contribution in [0.25, 0.3) is 0 Å². The van der Waals surface area contributed by atoms with Crippen LogP contribution in [0.3, 0.4) is 0 Å². The Kier molecular flexibility index (Phi) is 3.69. The topological polar surface area (TPSA) is 45.4 Å². The number of anilines is 1. The van der Waals surface area contributed by atoms with Crippen LogP contribution in [0.4, 0.5) is 10.2 Å². The van der Waals surface area contributed by atoms with Gasteiger partial charge in [-0.2, -0.15) is 0 Å². The molecule has 16 heavy (non-hydrogen) atoms. The van der Waals surface area contributed by atoms with Crippen LogP contribution >= 0.6 is 0 Å². The molecule has 0 saturated carbocycles. The van der Waals surface area contributed by atoms with Gasteiger partial charge < -0.3 is 10.6 Å². The van der Waals surface area contributed by atoms with Crippen molar-refractivity contribution in [2.24, 2.45) is 5.73 Å². The summed E-state index contributed by atoms with van der Waals surface area (Å²) in [6, 6.07) is 3.07. The van der Waals surface area contributed by atoms with E-state index in [1.807, 2.05) is 4.90 Å². The molecule has 1 fully saturated rings. The molecule has 2 heterocycles. The lowest BCUT2D eigenvalue weighted by molar-refractivity contribution is 0.263. The van der Waals surface area contributed by atoms with Crippen molar-refractivity contribution >= 4 is 5.82 Å². The molecular weight excluding hydrogens is 207 g/mol. The van der Waals surface area contributed by atoms with Crippen LogP contribution in [-0.2, 0) is 0 Å². The minimum absolute atomic E-state index is 0.241. The highest BCUT2D eigenvalue weighted by Crippen LogP contribution is 2.16. The largest absolute Gasteiger partial charge is 0.352 e. The Balaban J connectivity index is 1.96. The number of nitrogens with zero attached hydrogens (tertiary/aromatic N) is 3. The SMILES string of the molecule is NCCN1CCN(c2ncccc2F)CC1. The molecule has 0 bridgehead atoms. The molecule has 1 aliphatic heterocycles. The summed E-state index contributed by atoms with van der Waals surface area (Å²) < 4.78 is 13.5. The minimum atomic E-state index is -0.241. The Labute approximate surface area is 94.9 Å². The number of hydrogen-bond acceptors (Lipinski definition) is 4. The molecule has 1 aromatic heterocycles. The van der Waals surface area contributed by atoms with E-state index in [1.54, 1.807) is 12.3 Å². The van der Waals surface area contributed by atoms with Gasteiger partial charge in [0.25, 0.3) is 0 Å². The average Bonchev–Trinajstić information content (AvgIpc) is 2.31. The number of aromatic nitrogens is 1. The summed E-state index contributed by atoms with van der Waals surface area (Å²) in [4.78, 5) is 8.36. The van der Waals surface area contributed by atoms with E-state index in [4.69, 9.17) is 5.73 Å². The van der Waals surface area contributed by atoms with Gasteiger partial charge in [0.2, 0.25) is 0 Å². The molecular formula is C11H17FN4. The molecule has 0 amide bonds. The van der Waals surface area contributed by atoms with Crippen LogP contribution in [0.15, 0.2) is 18.3 Å². The van der Waals surface area contributed by atoms with Crippen LogP contribution in [0.5, 0.6) is 0 Å². The summed E-state index contributed by atoms with van der Waals surface area (Å²) >= 11 is 0. The van der Waals surface area contributed by atoms with Gasteiger partial charge in [0.15, 0.2) is 11.6 Å². The Bertz CT molecular complexity index is 337. The molecule has 1 aliphatic rings. The van der Waals surface area contributed by atoms with Crippen LogP contribution in [0.1, 0.15) is 0 Å². The monoisotopic (exact) mass is 224 g/mol. The summed E-state index contributed by atoms with van der Waals surface area (Å²) in [7, 11) is 0. The molecule has 1 saturated heterocycles. The van der Waals surface area contributed by atoms with Crippen LogP contribution in [0.2, 0.25) is 0 Å². The van der Waals surface area contributed by atoms with Crippen LogP contribution < -0.4 is 10.6 Å². The van der Waals surface area contributed by atoms with E-state index < -0.39 is 0 Å². The number of pyridine rings is 1. The summed E-state index contributed by atoms with van der Waals surface area (Å²) in [5, 5.41) is 0. The number of piperazine rings is 1. The zero-order valence-corrected chi connectivity index (χ0v) is 9.27. The normalized spacial score (nSPS) is 17.8. The van der Waals surface area contributed by atoms with Crippen molar-refractivity contribution in [3.05, 3.63) is 24.1 Å². The second-order valence-electron chi connectivity index (χ2n) is 3.93. The Morgan fingerprint density at radius 1 is 1.31 bits per heavy atom. The standard InChI is InChI=1S/C11H17FN4/c12-10-2-1-4-14-11(10)16-8-6-15(5-3-13)7-9-16/h1-2,4H,3,5-9,13H2. The van der Waals surface area contributed by atoms with Gasteiger partial charge in [-0.3, -0.25) is 4.90 Å². The quantitative estimate of drug-likeness (QED) is 0.802. The van der Waals surface area contributed by atoms with E-state index in [0.29, 0.717) is 12.4 Å². The van der Waals surface area contributed by atoms with Crippen molar-refractivity contribution in [1.82, 2.24) is 9.88 Å². The molecule has 0 radical (unpaired) electrons. The average molecular weight is 224 g/mol. The third-order valence-corrected chi connectivity index (χ3v) is 2.86. The van der Waals surface area contributed by atoms with Gasteiger partial charge in [-0.25, -0.2) is 9.37 Å². The van der Waals surface area contributed by atoms with E-state index in [-0.39, 0.29) is 5.82 Å². The molecule has 0 spiro atoms. The maximum absolute atomic E-state index is 13.5. The lowest BCUT2D eigenvalue weighted by atomic mass is 10.3. The molecule has 0 aliphatic carbocycles. The van der Waals surface area contributed by atoms with Crippen molar-refractivity contribution in [3.8, 4) is 0 Å². The highest BCUT2D eigenvalue weighted by molar-refractivity contribution is 5.40. The predicted octanol–water partition coefficient (Wildman–Crippen LogP) is 0.301. The van der Waals surface area contributed by atoms with Crippen molar-refractivity contribution < 1.29 is 4.39 Å². The first-order chi connectivity index (χ1) is 7.81. The first kappa shape index (κ1) is 11.3. The fourth-order valence-corrected chi connectivity index (χ4v) is 1.98. The molecule has 4 nitrogen and oxygen atoms in total. The zero-order chi connectivity index (χ0) is 11.4. The first-order valence-electron chi connectivity index (χ1n) is 5.59. The number of nitrogens with two attached hydrogens (primary N) is 1. The van der Waals surface area contributed by atoms with Gasteiger partial charge in [0.1, 0.15) is 0 Å². The lowest BCUT2D eigenvalue weighted by Gasteiger charge is -2.35. The van der Waals surface area contributed by atoms with Gasteiger partial charge in [-0.05, 0) is 12.1 Å². The maximum atomic E-state index is 13.5. The second kappa shape index (κ2) is 5.23. The Morgan fingerprint density at radius 2 is 2.06 bits per heavy atom. The molecule has 0 aromatic carbocycles. The van der Waals surface area contributed by atoms with Crippen molar-refractivity contribution in [3.63, 3.8) is 0 Å². The third kappa shape index (κ3) is 2.48. The van der Waals surface area contributed by atoms with E-state index in [2.05, 4.69) is 9.88 Å². The van der Waals surface area contributed by atoms with Gasteiger partial charge in [0.05, 0.1) is 0 Å². The van der Waals surface area contributed by atoms with Gasteiger partial charge in [-0.1, -0.05) is 0 Å². The summed E-state index contributed by atoms with van der Waals surface area (Å²) in [5.74, 6) is 0.227. The van der Waals surface area contributed by atoms with Gasteiger partial charge >= 0.3 is 0 Å². The summed E-state index contributed by atoms with van der Waals surface area (Å²) in [5.41, 5.74) is 5.50. The minimum Gasteiger partial charge on any atom is -0.352 e. The van der Waals surface area contributed by atoms with Crippen molar-refractivity contribution in [2.75, 3.05) is 44.2 Å². The van der Waals surface area contributed by atoms with E-state index in [1.165, 1.54) is 6.07 Å². The van der Waals surface area contributed by atoms with Crippen LogP contribution in [0, 0.1) is 5.82 Å². The fraction of sp³-hybridized carbons (Fsp3) is 0.545. The number of rotatable bonds is 3. The molecule has 0 atom stereocenters. The Hall–Kier alpha value is -1.20. The predicted molar refractivity (Wildman–Crippen MR) is 61.9 cm³/mol. The highest BCUT2D eigenvalue weighted by Gasteiger charge is 2.19. The van der Waals surface area contributed by atoms with Crippen molar-refractivity contribution in [2.45, 2.75) is 0 Å².